The van der Waals surface area contributed by atoms with Gasteiger partial charge in [0.05, 0.1) is 43.1 Å². The van der Waals surface area contributed by atoms with Gasteiger partial charge in [-0.15, -0.1) is 0 Å². The fourth-order valence-corrected chi connectivity index (χ4v) is 3.79. The smallest absolute Gasteiger partial charge is 0.416 e. The Morgan fingerprint density at radius 2 is 1.92 bits per heavy atom. The maximum absolute atomic E-state index is 13.2. The lowest BCUT2D eigenvalue weighted by atomic mass is 10.0. The largest absolute Gasteiger partial charge is 0.465 e. The molecule has 0 saturated heterocycles. The zero-order valence-electron chi connectivity index (χ0n) is 19.8. The van der Waals surface area contributed by atoms with Crippen LogP contribution in [0.1, 0.15) is 40.0 Å². The Hall–Kier alpha value is -3.86. The molecule has 0 saturated carbocycles. The Labute approximate surface area is 206 Å². The van der Waals surface area contributed by atoms with Crippen molar-refractivity contribution in [2.75, 3.05) is 26.8 Å². The van der Waals surface area contributed by atoms with E-state index < -0.39 is 36.3 Å². The molecule has 11 heteroatoms. The summed E-state index contributed by atoms with van der Waals surface area (Å²) in [4.78, 5) is 30.9. The number of ether oxygens (including phenoxy) is 1. The number of carbonyl (C=O) groups is 2. The Morgan fingerprint density at radius 1 is 1.22 bits per heavy atom. The standard InChI is InChI=1S/C25H27F3N4O4/c1-15(17-6-8-18(9-7-17)24(35)36-2)31-23(34)21(20(29)14-33)22-30-10-11-32(22)13-16-4-3-5-19(12-16)25(26,27)28/h3-9,12,15,33H,10-11,13-14,29H2,1-2H3,(H,31,34). The van der Waals surface area contributed by atoms with Crippen LogP contribution in [0.4, 0.5) is 13.2 Å². The first-order valence-corrected chi connectivity index (χ1v) is 11.1. The average molecular weight is 505 g/mol. The number of aliphatic imine (C=N–C) groups is 1. The number of nitrogens with two attached hydrogens (primary N) is 1. The van der Waals surface area contributed by atoms with Crippen molar-refractivity contribution in [3.05, 3.63) is 82.1 Å². The van der Waals surface area contributed by atoms with Crippen molar-refractivity contribution in [3.63, 3.8) is 0 Å². The summed E-state index contributed by atoms with van der Waals surface area (Å²) in [6.45, 7) is 1.87. The number of benzene rings is 2. The van der Waals surface area contributed by atoms with Gasteiger partial charge in [0.25, 0.3) is 5.91 Å². The third kappa shape index (κ3) is 6.22. The van der Waals surface area contributed by atoms with Crippen LogP contribution in [-0.4, -0.2) is 54.5 Å². The van der Waals surface area contributed by atoms with E-state index in [1.54, 1.807) is 42.2 Å². The molecule has 192 valence electrons. The summed E-state index contributed by atoms with van der Waals surface area (Å²) in [6, 6.07) is 10.9. The van der Waals surface area contributed by atoms with Gasteiger partial charge in [-0.1, -0.05) is 24.3 Å². The molecule has 1 amide bonds. The quantitative estimate of drug-likeness (QED) is 0.376. The molecule has 0 spiro atoms. The minimum atomic E-state index is -4.48. The van der Waals surface area contributed by atoms with Crippen LogP contribution in [0.15, 0.2) is 64.8 Å². The zero-order valence-corrected chi connectivity index (χ0v) is 19.8. The first-order valence-electron chi connectivity index (χ1n) is 11.1. The number of esters is 1. The van der Waals surface area contributed by atoms with Gasteiger partial charge in [-0.25, -0.2) is 4.79 Å². The van der Waals surface area contributed by atoms with Gasteiger partial charge in [0.2, 0.25) is 0 Å². The molecule has 36 heavy (non-hydrogen) atoms. The highest BCUT2D eigenvalue weighted by Gasteiger charge is 2.32. The van der Waals surface area contributed by atoms with Gasteiger partial charge in [0.15, 0.2) is 0 Å². The lowest BCUT2D eigenvalue weighted by Gasteiger charge is -2.24. The molecule has 1 heterocycles. The van der Waals surface area contributed by atoms with E-state index in [0.29, 0.717) is 29.8 Å². The summed E-state index contributed by atoms with van der Waals surface area (Å²) >= 11 is 0. The first-order chi connectivity index (χ1) is 17.0. The summed E-state index contributed by atoms with van der Waals surface area (Å²) in [5, 5.41) is 12.5. The fraction of sp³-hybridized carbons (Fsp3) is 0.320. The first kappa shape index (κ1) is 26.7. The van der Waals surface area contributed by atoms with Crippen molar-refractivity contribution in [1.29, 1.82) is 0 Å². The van der Waals surface area contributed by atoms with Gasteiger partial charge in [-0.3, -0.25) is 9.79 Å². The molecule has 8 nitrogen and oxygen atoms in total. The van der Waals surface area contributed by atoms with E-state index in [2.05, 4.69) is 15.0 Å². The van der Waals surface area contributed by atoms with Crippen LogP contribution in [0.5, 0.6) is 0 Å². The molecule has 2 aromatic rings. The van der Waals surface area contributed by atoms with Crippen LogP contribution in [0, 0.1) is 0 Å². The summed E-state index contributed by atoms with van der Waals surface area (Å²) < 4.78 is 44.0. The van der Waals surface area contributed by atoms with Crippen molar-refractivity contribution in [2.45, 2.75) is 25.7 Å². The molecule has 0 fully saturated rings. The maximum atomic E-state index is 13.2. The number of nitrogens with one attached hydrogen (secondary N) is 1. The van der Waals surface area contributed by atoms with Crippen molar-refractivity contribution in [1.82, 2.24) is 10.2 Å². The molecule has 1 aliphatic rings. The number of aliphatic hydroxyl groups is 1. The van der Waals surface area contributed by atoms with Gasteiger partial charge < -0.3 is 25.8 Å². The third-order valence-electron chi connectivity index (χ3n) is 5.68. The molecular weight excluding hydrogens is 477 g/mol. The van der Waals surface area contributed by atoms with Crippen LogP contribution in [0.2, 0.25) is 0 Å². The summed E-state index contributed by atoms with van der Waals surface area (Å²) in [7, 11) is 1.28. The molecule has 1 atom stereocenters. The summed E-state index contributed by atoms with van der Waals surface area (Å²) in [5.41, 5.74) is 6.50. The van der Waals surface area contributed by atoms with Gasteiger partial charge >= 0.3 is 12.1 Å². The Kier molecular flexibility index (Phi) is 8.36. The maximum Gasteiger partial charge on any atom is 0.416 e. The lowest BCUT2D eigenvalue weighted by Crippen LogP contribution is -2.39. The Bertz CT molecular complexity index is 1180. The molecule has 1 unspecified atom stereocenters. The van der Waals surface area contributed by atoms with E-state index in [-0.39, 0.29) is 23.7 Å². The number of rotatable bonds is 8. The minimum Gasteiger partial charge on any atom is -0.465 e. The van der Waals surface area contributed by atoms with Crippen molar-refractivity contribution in [2.24, 2.45) is 10.7 Å². The number of amidine groups is 1. The predicted octanol–water partition coefficient (Wildman–Crippen LogP) is 2.79. The highest BCUT2D eigenvalue weighted by atomic mass is 19.4. The van der Waals surface area contributed by atoms with E-state index in [4.69, 9.17) is 5.73 Å². The van der Waals surface area contributed by atoms with E-state index >= 15 is 0 Å². The monoisotopic (exact) mass is 504 g/mol. The third-order valence-corrected chi connectivity index (χ3v) is 5.68. The normalized spacial score (nSPS) is 15.2. The molecular formula is C25H27F3N4O4. The van der Waals surface area contributed by atoms with E-state index in [0.717, 1.165) is 12.1 Å². The van der Waals surface area contributed by atoms with Crippen LogP contribution in [-0.2, 0) is 22.3 Å². The van der Waals surface area contributed by atoms with Crippen molar-refractivity contribution < 1.29 is 32.6 Å². The summed E-state index contributed by atoms with van der Waals surface area (Å²) in [5.74, 6) is -0.884. The molecule has 4 N–H and O–H groups in total. The second-order valence-corrected chi connectivity index (χ2v) is 8.19. The second-order valence-electron chi connectivity index (χ2n) is 8.19. The number of hydrogen-bond acceptors (Lipinski definition) is 7. The van der Waals surface area contributed by atoms with Crippen molar-refractivity contribution >= 4 is 17.7 Å². The number of methoxy groups -OCH3 is 1. The number of aliphatic hydroxyl groups excluding tert-OH is 1. The van der Waals surface area contributed by atoms with E-state index in [9.17, 15) is 27.9 Å². The Balaban J connectivity index is 1.79. The van der Waals surface area contributed by atoms with Gasteiger partial charge in [-0.05, 0) is 42.3 Å². The van der Waals surface area contributed by atoms with Crippen LogP contribution in [0.3, 0.4) is 0 Å². The highest BCUT2D eigenvalue weighted by molar-refractivity contribution is 6.21. The molecule has 3 rings (SSSR count). The minimum absolute atomic E-state index is 0.0417. The predicted molar refractivity (Wildman–Crippen MR) is 127 cm³/mol. The molecule has 0 radical (unpaired) electrons. The molecule has 0 bridgehead atoms. The Morgan fingerprint density at radius 3 is 2.53 bits per heavy atom. The topological polar surface area (TPSA) is 117 Å². The number of halogens is 3. The van der Waals surface area contributed by atoms with E-state index in [1.807, 2.05) is 0 Å². The van der Waals surface area contributed by atoms with Crippen molar-refractivity contribution in [3.8, 4) is 0 Å². The van der Waals surface area contributed by atoms with Gasteiger partial charge in [0, 0.05) is 13.1 Å². The van der Waals surface area contributed by atoms with Gasteiger partial charge in [0.1, 0.15) is 11.4 Å². The highest BCUT2D eigenvalue weighted by Crippen LogP contribution is 2.30. The SMILES string of the molecule is COC(=O)c1ccc(C(C)NC(=O)C(C2=NCCN2Cc2cccc(C(F)(F)F)c2)=C(N)CO)cc1. The van der Waals surface area contributed by atoms with E-state index in [1.165, 1.54) is 13.2 Å². The number of hydrogen-bond donors (Lipinski definition) is 3. The molecule has 2 aromatic carbocycles. The summed E-state index contributed by atoms with van der Waals surface area (Å²) in [6.07, 6.45) is -4.48. The molecule has 0 aromatic heterocycles. The number of carbonyl (C=O) groups excluding carboxylic acids is 2. The zero-order chi connectivity index (χ0) is 26.5. The average Bonchev–Trinajstić information content (AvgIpc) is 3.30. The number of amides is 1. The lowest BCUT2D eigenvalue weighted by molar-refractivity contribution is -0.137. The molecule has 1 aliphatic heterocycles. The fourth-order valence-electron chi connectivity index (χ4n) is 3.79. The number of nitrogens with zero attached hydrogens (tertiary/aromatic N) is 2. The molecule has 0 aliphatic carbocycles. The van der Waals surface area contributed by atoms with Gasteiger partial charge in [-0.2, -0.15) is 13.2 Å². The van der Waals surface area contributed by atoms with Crippen LogP contribution >= 0.6 is 0 Å². The van der Waals surface area contributed by atoms with Crippen LogP contribution in [0.25, 0.3) is 0 Å². The number of alkyl halides is 3. The van der Waals surface area contributed by atoms with Crippen LogP contribution < -0.4 is 11.1 Å². The second kappa shape index (κ2) is 11.3.